The van der Waals surface area contributed by atoms with Gasteiger partial charge in [0.15, 0.2) is 11.5 Å². The van der Waals surface area contributed by atoms with Crippen LogP contribution in [-0.2, 0) is 15.9 Å². The summed E-state index contributed by atoms with van der Waals surface area (Å²) in [5.41, 5.74) is 3.56. The summed E-state index contributed by atoms with van der Waals surface area (Å²) in [4.78, 5) is 14.3. The topological polar surface area (TPSA) is 82.8 Å². The van der Waals surface area contributed by atoms with Crippen LogP contribution in [0.2, 0.25) is 0 Å². The molecular weight excluding hydrogens is 452 g/mol. The number of carbonyl (C=O) groups is 1. The number of amides is 1. The number of aromatic nitrogens is 1. The average Bonchev–Trinajstić information content (AvgIpc) is 3.47. The van der Waals surface area contributed by atoms with E-state index in [0.717, 1.165) is 51.8 Å². The molecule has 1 amide bonds. The molecule has 0 radical (unpaired) electrons. The Labute approximate surface area is 203 Å². The quantitative estimate of drug-likeness (QED) is 0.487. The Bertz CT molecular complexity index is 1170. The summed E-state index contributed by atoms with van der Waals surface area (Å²) in [7, 11) is 0. The Kier molecular flexibility index (Phi) is 6.52. The summed E-state index contributed by atoms with van der Waals surface area (Å²) in [6, 6.07) is 13.8. The minimum absolute atomic E-state index is 0.0755. The summed E-state index contributed by atoms with van der Waals surface area (Å²) in [6.45, 7) is 5.94. The lowest BCUT2D eigenvalue weighted by Crippen LogP contribution is -2.44. The van der Waals surface area contributed by atoms with Crippen LogP contribution < -0.4 is 14.8 Å². The number of nitrogens with zero attached hydrogens (tertiary/aromatic N) is 1. The van der Waals surface area contributed by atoms with Crippen LogP contribution >= 0.6 is 11.8 Å². The van der Waals surface area contributed by atoms with Crippen molar-refractivity contribution in [2.24, 2.45) is 0 Å². The van der Waals surface area contributed by atoms with Gasteiger partial charge in [-0.1, -0.05) is 23.4 Å². The largest absolute Gasteiger partial charge is 0.454 e. The predicted molar refractivity (Wildman–Crippen MR) is 129 cm³/mol. The third-order valence-corrected chi connectivity index (χ3v) is 7.81. The lowest BCUT2D eigenvalue weighted by Gasteiger charge is -2.38. The molecule has 2 aliphatic heterocycles. The van der Waals surface area contributed by atoms with Crippen LogP contribution in [0.1, 0.15) is 45.8 Å². The van der Waals surface area contributed by atoms with Crippen LogP contribution in [0.4, 0.5) is 0 Å². The molecule has 34 heavy (non-hydrogen) atoms. The number of hydrogen-bond acceptors (Lipinski definition) is 7. The number of thioether (sulfide) groups is 1. The van der Waals surface area contributed by atoms with Gasteiger partial charge < -0.3 is 24.1 Å². The third kappa shape index (κ3) is 4.52. The number of rotatable bonds is 7. The van der Waals surface area contributed by atoms with Gasteiger partial charge >= 0.3 is 0 Å². The maximum absolute atomic E-state index is 13.3. The molecule has 0 atom stereocenters. The highest BCUT2D eigenvalue weighted by Crippen LogP contribution is 2.40. The van der Waals surface area contributed by atoms with E-state index >= 15 is 0 Å². The monoisotopic (exact) mass is 480 g/mol. The highest BCUT2D eigenvalue weighted by molar-refractivity contribution is 7.98. The summed E-state index contributed by atoms with van der Waals surface area (Å²) in [5, 5.41) is 7.25. The van der Waals surface area contributed by atoms with Crippen molar-refractivity contribution in [1.82, 2.24) is 10.5 Å². The number of ether oxygens (including phenoxy) is 3. The Morgan fingerprint density at radius 2 is 1.88 bits per heavy atom. The predicted octanol–water partition coefficient (Wildman–Crippen LogP) is 4.79. The molecule has 2 aliphatic rings. The van der Waals surface area contributed by atoms with Crippen molar-refractivity contribution < 1.29 is 23.5 Å². The number of nitrogens with one attached hydrogen (secondary N) is 1. The van der Waals surface area contributed by atoms with Crippen LogP contribution in [-0.4, -0.2) is 37.6 Å². The Morgan fingerprint density at radius 3 is 2.68 bits per heavy atom. The maximum Gasteiger partial charge on any atom is 0.252 e. The van der Waals surface area contributed by atoms with Gasteiger partial charge in [0.2, 0.25) is 6.79 Å². The summed E-state index contributed by atoms with van der Waals surface area (Å²) < 4.78 is 22.0. The fourth-order valence-electron chi connectivity index (χ4n) is 4.54. The van der Waals surface area contributed by atoms with Crippen LogP contribution in [0.25, 0.3) is 0 Å². The zero-order valence-electron chi connectivity index (χ0n) is 19.4. The normalized spacial score (nSPS) is 16.4. The lowest BCUT2D eigenvalue weighted by atomic mass is 9.74. The van der Waals surface area contributed by atoms with Crippen molar-refractivity contribution in [1.29, 1.82) is 0 Å². The maximum atomic E-state index is 13.3. The second kappa shape index (κ2) is 9.72. The van der Waals surface area contributed by atoms with Crippen LogP contribution in [0.15, 0.2) is 51.9 Å². The van der Waals surface area contributed by atoms with Gasteiger partial charge in [-0.25, -0.2) is 0 Å². The van der Waals surface area contributed by atoms with Gasteiger partial charge in [-0.2, -0.15) is 0 Å². The molecule has 1 saturated heterocycles. The highest BCUT2D eigenvalue weighted by Gasteiger charge is 2.36. The molecule has 8 heteroatoms. The standard InChI is InChI=1S/C26H28N2O5S/c1-17-21(18(2)33-28-17)14-34-24-6-4-3-5-20(24)25(29)27-15-26(9-11-30-12-10-26)19-7-8-22-23(13-19)32-16-31-22/h3-8,13H,9-12,14-16H2,1-2H3,(H,27,29). The van der Waals surface area contributed by atoms with E-state index in [1.54, 1.807) is 11.8 Å². The van der Waals surface area contributed by atoms with Crippen molar-refractivity contribution >= 4 is 17.7 Å². The van der Waals surface area contributed by atoms with E-state index < -0.39 is 0 Å². The molecular formula is C26H28N2O5S. The summed E-state index contributed by atoms with van der Waals surface area (Å²) in [6.07, 6.45) is 1.66. The Morgan fingerprint density at radius 1 is 1.09 bits per heavy atom. The van der Waals surface area contributed by atoms with Crippen LogP contribution in [0.3, 0.4) is 0 Å². The molecule has 2 aromatic carbocycles. The zero-order valence-corrected chi connectivity index (χ0v) is 20.2. The van der Waals surface area contributed by atoms with Gasteiger partial charge in [-0.15, -0.1) is 11.8 Å². The van der Waals surface area contributed by atoms with Crippen molar-refractivity contribution in [3.63, 3.8) is 0 Å². The molecule has 0 unspecified atom stereocenters. The zero-order chi connectivity index (χ0) is 23.5. The first kappa shape index (κ1) is 22.8. The van der Waals surface area contributed by atoms with Gasteiger partial charge in [0.1, 0.15) is 5.76 Å². The van der Waals surface area contributed by atoms with Gasteiger partial charge in [0.25, 0.3) is 5.91 Å². The van der Waals surface area contributed by atoms with E-state index in [1.807, 2.05) is 50.2 Å². The van der Waals surface area contributed by atoms with Gasteiger partial charge in [-0.3, -0.25) is 4.79 Å². The van der Waals surface area contributed by atoms with Crippen molar-refractivity contribution in [3.05, 3.63) is 70.6 Å². The number of carbonyl (C=O) groups excluding carboxylic acids is 1. The first-order valence-corrected chi connectivity index (χ1v) is 12.4. The van der Waals surface area contributed by atoms with Gasteiger partial charge in [0.05, 0.1) is 11.3 Å². The first-order chi connectivity index (χ1) is 16.6. The van der Waals surface area contributed by atoms with Crippen molar-refractivity contribution in [2.75, 3.05) is 26.6 Å². The lowest BCUT2D eigenvalue weighted by molar-refractivity contribution is 0.0486. The second-order valence-electron chi connectivity index (χ2n) is 8.73. The van der Waals surface area contributed by atoms with E-state index in [4.69, 9.17) is 18.7 Å². The third-order valence-electron chi connectivity index (χ3n) is 6.71. The van der Waals surface area contributed by atoms with Crippen molar-refractivity contribution in [2.45, 2.75) is 42.8 Å². The SMILES string of the molecule is Cc1noc(C)c1CSc1ccccc1C(=O)NCC1(c2ccc3c(c2)OCO3)CCOCC1. The molecule has 1 fully saturated rings. The number of hydrogen-bond donors (Lipinski definition) is 1. The molecule has 178 valence electrons. The van der Waals surface area contributed by atoms with E-state index in [2.05, 4.69) is 16.5 Å². The summed E-state index contributed by atoms with van der Waals surface area (Å²) >= 11 is 1.62. The second-order valence-corrected chi connectivity index (χ2v) is 9.75. The molecule has 3 heterocycles. The van der Waals surface area contributed by atoms with E-state index in [9.17, 15) is 4.79 Å². The van der Waals surface area contributed by atoms with Gasteiger partial charge in [-0.05, 0) is 56.5 Å². The molecule has 1 aromatic heterocycles. The number of benzene rings is 2. The smallest absolute Gasteiger partial charge is 0.252 e. The molecule has 0 bridgehead atoms. The fourth-order valence-corrected chi connectivity index (χ4v) is 5.74. The minimum Gasteiger partial charge on any atom is -0.454 e. The Hall–Kier alpha value is -2.97. The van der Waals surface area contributed by atoms with E-state index in [0.29, 0.717) is 31.1 Å². The molecule has 0 aliphatic carbocycles. The molecule has 3 aromatic rings. The molecule has 0 spiro atoms. The molecule has 5 rings (SSSR count). The van der Waals surface area contributed by atoms with Crippen LogP contribution in [0, 0.1) is 13.8 Å². The Balaban J connectivity index is 1.32. The highest BCUT2D eigenvalue weighted by atomic mass is 32.2. The fraction of sp³-hybridized carbons (Fsp3) is 0.385. The number of aryl methyl sites for hydroxylation is 2. The molecule has 1 N–H and O–H groups in total. The minimum atomic E-state index is -0.215. The molecule has 7 nitrogen and oxygen atoms in total. The number of fused-ring (bicyclic) bond motifs is 1. The van der Waals surface area contributed by atoms with Gasteiger partial charge in [0, 0.05) is 41.4 Å². The first-order valence-electron chi connectivity index (χ1n) is 11.5. The van der Waals surface area contributed by atoms with E-state index in [1.165, 1.54) is 0 Å². The van der Waals surface area contributed by atoms with Crippen LogP contribution in [0.5, 0.6) is 11.5 Å². The summed E-state index contributed by atoms with van der Waals surface area (Å²) in [5.74, 6) is 2.96. The molecule has 0 saturated carbocycles. The van der Waals surface area contributed by atoms with Crippen molar-refractivity contribution in [3.8, 4) is 11.5 Å². The van der Waals surface area contributed by atoms with E-state index in [-0.39, 0.29) is 18.1 Å². The average molecular weight is 481 g/mol.